The van der Waals surface area contributed by atoms with Crippen molar-refractivity contribution < 1.29 is 4.79 Å². The van der Waals surface area contributed by atoms with Crippen LogP contribution in [0.5, 0.6) is 0 Å². The summed E-state index contributed by atoms with van der Waals surface area (Å²) in [6, 6.07) is 8.02. The van der Waals surface area contributed by atoms with Gasteiger partial charge in [-0.25, -0.2) is 0 Å². The zero-order chi connectivity index (χ0) is 12.3. The van der Waals surface area contributed by atoms with E-state index in [4.69, 9.17) is 0 Å². The normalized spacial score (nSPS) is 21.8. The average molecular weight is 232 g/mol. The Morgan fingerprint density at radius 2 is 2.18 bits per heavy atom. The Morgan fingerprint density at radius 3 is 2.88 bits per heavy atom. The first-order chi connectivity index (χ1) is 8.24. The molecule has 0 radical (unpaired) electrons. The van der Waals surface area contributed by atoms with Crippen LogP contribution in [0.25, 0.3) is 0 Å². The zero-order valence-corrected chi connectivity index (χ0v) is 10.5. The lowest BCUT2D eigenvalue weighted by Gasteiger charge is -2.16. The quantitative estimate of drug-likeness (QED) is 0.783. The van der Waals surface area contributed by atoms with Crippen LogP contribution in [0.1, 0.15) is 38.2 Å². The lowest BCUT2D eigenvalue weighted by atomic mass is 9.97. The molecule has 0 aliphatic carbocycles. The van der Waals surface area contributed by atoms with E-state index < -0.39 is 0 Å². The molecule has 0 fully saturated rings. The predicted octanol–water partition coefficient (Wildman–Crippen LogP) is 2.50. The molecule has 0 saturated carbocycles. The van der Waals surface area contributed by atoms with Crippen LogP contribution in [0.3, 0.4) is 0 Å². The molecule has 1 aliphatic rings. The lowest BCUT2D eigenvalue weighted by molar-refractivity contribution is -0.122. The third-order valence-electron chi connectivity index (χ3n) is 3.37. The molecule has 0 bridgehead atoms. The Balaban J connectivity index is 1.99. The maximum atomic E-state index is 12.0. The van der Waals surface area contributed by atoms with Crippen LogP contribution in [-0.4, -0.2) is 18.5 Å². The summed E-state index contributed by atoms with van der Waals surface area (Å²) >= 11 is 0. The van der Waals surface area contributed by atoms with Crippen LogP contribution in [0.15, 0.2) is 24.3 Å². The molecule has 0 spiro atoms. The Labute approximate surface area is 103 Å². The molecule has 92 valence electrons. The molecule has 1 heterocycles. The van der Waals surface area contributed by atoms with Crippen LogP contribution in [0.4, 0.5) is 5.69 Å². The first kappa shape index (κ1) is 12.0. The first-order valence-corrected chi connectivity index (χ1v) is 6.37. The number of benzene rings is 1. The fraction of sp³-hybridized carbons (Fsp3) is 0.500. The zero-order valence-electron chi connectivity index (χ0n) is 10.5. The summed E-state index contributed by atoms with van der Waals surface area (Å²) < 4.78 is 0. The SMILES string of the molecule is CCCCNC(=O)[C@H]1Nc2ccccc2[C@H]1C. The highest BCUT2D eigenvalue weighted by Gasteiger charge is 2.33. The molecule has 0 aromatic heterocycles. The number of hydrogen-bond acceptors (Lipinski definition) is 2. The minimum atomic E-state index is -0.121. The van der Waals surface area contributed by atoms with Gasteiger partial charge in [0.05, 0.1) is 0 Å². The number of rotatable bonds is 4. The highest BCUT2D eigenvalue weighted by Crippen LogP contribution is 2.35. The van der Waals surface area contributed by atoms with Gasteiger partial charge in [-0.2, -0.15) is 0 Å². The van der Waals surface area contributed by atoms with E-state index in [1.54, 1.807) is 0 Å². The number of carbonyl (C=O) groups is 1. The Bertz CT molecular complexity index is 403. The van der Waals surface area contributed by atoms with Gasteiger partial charge in [-0.3, -0.25) is 4.79 Å². The first-order valence-electron chi connectivity index (χ1n) is 6.37. The number of carbonyl (C=O) groups excluding carboxylic acids is 1. The number of amides is 1. The van der Waals surface area contributed by atoms with E-state index in [9.17, 15) is 4.79 Å². The van der Waals surface area contributed by atoms with Crippen molar-refractivity contribution in [2.45, 2.75) is 38.6 Å². The second kappa shape index (κ2) is 5.21. The van der Waals surface area contributed by atoms with E-state index in [0.717, 1.165) is 25.1 Å². The molecular weight excluding hydrogens is 212 g/mol. The number of nitrogens with one attached hydrogen (secondary N) is 2. The summed E-state index contributed by atoms with van der Waals surface area (Å²) in [6.07, 6.45) is 2.15. The van der Waals surface area contributed by atoms with Gasteiger partial charge in [0.25, 0.3) is 0 Å². The lowest BCUT2D eigenvalue weighted by Crippen LogP contribution is -2.40. The average Bonchev–Trinajstić information content (AvgIpc) is 2.68. The molecule has 3 nitrogen and oxygen atoms in total. The Kier molecular flexibility index (Phi) is 3.67. The number of para-hydroxylation sites is 1. The number of unbranched alkanes of at least 4 members (excludes halogenated alkanes) is 1. The summed E-state index contributed by atoms with van der Waals surface area (Å²) in [4.78, 5) is 12.0. The predicted molar refractivity (Wildman–Crippen MR) is 70.2 cm³/mol. The standard InChI is InChI=1S/C14H20N2O/c1-3-4-9-15-14(17)13-10(2)11-7-5-6-8-12(11)16-13/h5-8,10,13,16H,3-4,9H2,1-2H3,(H,15,17)/t10-,13+/m1/s1. The summed E-state index contributed by atoms with van der Waals surface area (Å²) in [5, 5.41) is 6.29. The van der Waals surface area contributed by atoms with Gasteiger partial charge in [0.1, 0.15) is 6.04 Å². The molecule has 17 heavy (non-hydrogen) atoms. The number of hydrogen-bond donors (Lipinski definition) is 2. The number of fused-ring (bicyclic) bond motifs is 1. The third kappa shape index (κ3) is 2.43. The highest BCUT2D eigenvalue weighted by atomic mass is 16.2. The molecule has 2 N–H and O–H groups in total. The van der Waals surface area contributed by atoms with Crippen LogP contribution in [-0.2, 0) is 4.79 Å². The minimum Gasteiger partial charge on any atom is -0.373 e. The van der Waals surface area contributed by atoms with Crippen molar-refractivity contribution in [3.63, 3.8) is 0 Å². The van der Waals surface area contributed by atoms with Crippen molar-refractivity contribution in [3.05, 3.63) is 29.8 Å². The topological polar surface area (TPSA) is 41.1 Å². The number of anilines is 1. The fourth-order valence-electron chi connectivity index (χ4n) is 2.29. The van der Waals surface area contributed by atoms with Crippen LogP contribution in [0, 0.1) is 0 Å². The van der Waals surface area contributed by atoms with Crippen LogP contribution < -0.4 is 10.6 Å². The van der Waals surface area contributed by atoms with Gasteiger partial charge in [0, 0.05) is 18.2 Å². The van der Waals surface area contributed by atoms with E-state index in [-0.39, 0.29) is 17.9 Å². The molecule has 2 rings (SSSR count). The maximum absolute atomic E-state index is 12.0. The van der Waals surface area contributed by atoms with Gasteiger partial charge in [0.15, 0.2) is 0 Å². The van der Waals surface area contributed by atoms with Gasteiger partial charge in [-0.1, -0.05) is 38.5 Å². The van der Waals surface area contributed by atoms with Crippen LogP contribution >= 0.6 is 0 Å². The van der Waals surface area contributed by atoms with E-state index in [0.29, 0.717) is 0 Å². The van der Waals surface area contributed by atoms with Gasteiger partial charge in [0.2, 0.25) is 5.91 Å². The van der Waals surface area contributed by atoms with E-state index in [2.05, 4.69) is 30.5 Å². The molecular formula is C14H20N2O. The molecule has 1 aromatic carbocycles. The second-order valence-electron chi connectivity index (χ2n) is 4.64. The van der Waals surface area contributed by atoms with Gasteiger partial charge in [-0.15, -0.1) is 0 Å². The summed E-state index contributed by atoms with van der Waals surface area (Å²) in [5.41, 5.74) is 2.33. The van der Waals surface area contributed by atoms with Crippen molar-refractivity contribution in [3.8, 4) is 0 Å². The Morgan fingerprint density at radius 1 is 1.41 bits per heavy atom. The highest BCUT2D eigenvalue weighted by molar-refractivity contribution is 5.88. The molecule has 0 saturated heterocycles. The van der Waals surface area contributed by atoms with E-state index in [1.807, 2.05) is 18.2 Å². The molecule has 1 aromatic rings. The molecule has 1 aliphatic heterocycles. The van der Waals surface area contributed by atoms with Gasteiger partial charge < -0.3 is 10.6 Å². The van der Waals surface area contributed by atoms with E-state index >= 15 is 0 Å². The summed E-state index contributed by atoms with van der Waals surface area (Å²) in [5.74, 6) is 0.356. The van der Waals surface area contributed by atoms with Gasteiger partial charge >= 0.3 is 0 Å². The van der Waals surface area contributed by atoms with Gasteiger partial charge in [-0.05, 0) is 18.1 Å². The molecule has 0 unspecified atom stereocenters. The van der Waals surface area contributed by atoms with E-state index in [1.165, 1.54) is 5.56 Å². The largest absolute Gasteiger partial charge is 0.373 e. The Hall–Kier alpha value is -1.51. The minimum absolute atomic E-state index is 0.113. The second-order valence-corrected chi connectivity index (χ2v) is 4.64. The van der Waals surface area contributed by atoms with Crippen molar-refractivity contribution in [2.24, 2.45) is 0 Å². The summed E-state index contributed by atoms with van der Waals surface area (Å²) in [7, 11) is 0. The van der Waals surface area contributed by atoms with Crippen molar-refractivity contribution in [1.82, 2.24) is 5.32 Å². The smallest absolute Gasteiger partial charge is 0.243 e. The molecule has 2 atom stereocenters. The summed E-state index contributed by atoms with van der Waals surface area (Å²) in [6.45, 7) is 5.00. The molecule has 3 heteroatoms. The van der Waals surface area contributed by atoms with Crippen LogP contribution in [0.2, 0.25) is 0 Å². The third-order valence-corrected chi connectivity index (χ3v) is 3.37. The fourth-order valence-corrected chi connectivity index (χ4v) is 2.29. The maximum Gasteiger partial charge on any atom is 0.243 e. The monoisotopic (exact) mass is 232 g/mol. The van der Waals surface area contributed by atoms with Crippen molar-refractivity contribution >= 4 is 11.6 Å². The van der Waals surface area contributed by atoms with Crippen molar-refractivity contribution in [1.29, 1.82) is 0 Å². The molecule has 1 amide bonds. The van der Waals surface area contributed by atoms with Crippen molar-refractivity contribution in [2.75, 3.05) is 11.9 Å².